The van der Waals surface area contributed by atoms with E-state index in [1.54, 1.807) is 12.3 Å². The summed E-state index contributed by atoms with van der Waals surface area (Å²) in [5.41, 5.74) is 9.24. The quantitative estimate of drug-likeness (QED) is 0.167. The number of nitrogens with zero attached hydrogens (tertiary/aromatic N) is 4. The maximum absolute atomic E-state index is 9.07. The fraction of sp³-hybridized carbons (Fsp3) is 0.159. The van der Waals surface area contributed by atoms with Crippen molar-refractivity contribution < 1.29 is 8.85 Å². The van der Waals surface area contributed by atoms with E-state index in [0.29, 0.717) is 35.6 Å². The Bertz CT molecular complexity index is 4040. The SMILES string of the molecule is [2H]c1cc(-c2cccc3c4ccccc4c4ccccc4c4cccc5c4n(c23)CN5c2cccc(Oc3ccc4c5ccccc5n(-c5cc(C([2H])([2H])C(C)(C)C)ccn5)c4c3)c2)cc(C(C)(C)C)c1. The Labute approximate surface area is 402 Å². The third-order valence-corrected chi connectivity index (χ3v) is 13.4. The Balaban J connectivity index is 1.03. The second-order valence-corrected chi connectivity index (χ2v) is 20.1. The van der Waals surface area contributed by atoms with Crippen LogP contribution >= 0.6 is 0 Å². The molecule has 0 bridgehead atoms. The van der Waals surface area contributed by atoms with Gasteiger partial charge in [-0.1, -0.05) is 169 Å². The molecule has 8 aromatic carbocycles. The van der Waals surface area contributed by atoms with Crippen molar-refractivity contribution in [2.75, 3.05) is 4.90 Å². The molecule has 0 saturated carbocycles. The van der Waals surface area contributed by atoms with Crippen LogP contribution in [-0.4, -0.2) is 14.1 Å². The molecule has 1 aliphatic rings. The number of pyridine rings is 1. The molecule has 4 heterocycles. The molecular formula is C63H54N4O. The molecule has 0 atom stereocenters. The van der Waals surface area contributed by atoms with Crippen LogP contribution in [0.15, 0.2) is 194 Å². The lowest BCUT2D eigenvalue weighted by molar-refractivity contribution is 0.411. The average Bonchev–Trinajstić information content (AvgIpc) is 3.92. The summed E-state index contributed by atoms with van der Waals surface area (Å²) in [5, 5.41) is 9.09. The van der Waals surface area contributed by atoms with Crippen molar-refractivity contribution >= 4 is 76.5 Å². The van der Waals surface area contributed by atoms with Crippen molar-refractivity contribution in [1.29, 1.82) is 0 Å². The maximum atomic E-state index is 9.07. The molecule has 11 aromatic rings. The summed E-state index contributed by atoms with van der Waals surface area (Å²) in [6.45, 7) is 13.0. The Morgan fingerprint density at radius 2 is 1.19 bits per heavy atom. The number of benzene rings is 8. The third-order valence-electron chi connectivity index (χ3n) is 13.4. The zero-order valence-corrected chi connectivity index (χ0v) is 39.3. The molecule has 0 aliphatic carbocycles. The van der Waals surface area contributed by atoms with Crippen LogP contribution in [0.3, 0.4) is 0 Å². The molecule has 0 fully saturated rings. The van der Waals surface area contributed by atoms with Crippen LogP contribution in [0.2, 0.25) is 0 Å². The Hall–Kier alpha value is -7.89. The summed E-state index contributed by atoms with van der Waals surface area (Å²) in [5.74, 6) is 2.02. The minimum absolute atomic E-state index is 0.143. The number of rotatable bonds is 6. The van der Waals surface area contributed by atoms with Crippen LogP contribution in [-0.2, 0) is 18.5 Å². The van der Waals surface area contributed by atoms with Crippen LogP contribution in [0.25, 0.3) is 82.1 Å². The number of hydrogen-bond donors (Lipinski definition) is 0. The van der Waals surface area contributed by atoms with Gasteiger partial charge < -0.3 is 14.2 Å². The smallest absolute Gasteiger partial charge is 0.137 e. The molecule has 332 valence electrons. The lowest BCUT2D eigenvalue weighted by Crippen LogP contribution is -2.15. The second-order valence-electron chi connectivity index (χ2n) is 20.1. The average molecular weight is 886 g/mol. The zero-order valence-electron chi connectivity index (χ0n) is 42.3. The number of aromatic nitrogens is 3. The molecule has 5 nitrogen and oxygen atoms in total. The molecule has 1 aliphatic heterocycles. The van der Waals surface area contributed by atoms with E-state index in [2.05, 4.69) is 168 Å². The van der Waals surface area contributed by atoms with Crippen molar-refractivity contribution in [3.8, 4) is 28.4 Å². The zero-order chi connectivity index (χ0) is 49.0. The molecule has 0 radical (unpaired) electrons. The van der Waals surface area contributed by atoms with Crippen LogP contribution in [0.4, 0.5) is 11.4 Å². The molecule has 12 rings (SSSR count). The van der Waals surface area contributed by atoms with Gasteiger partial charge in [-0.05, 0) is 104 Å². The number of ether oxygens (including phenoxy) is 1. The van der Waals surface area contributed by atoms with Gasteiger partial charge in [0.05, 0.1) is 29.1 Å². The van der Waals surface area contributed by atoms with Crippen molar-refractivity contribution in [3.05, 3.63) is 205 Å². The number of hydrogen-bond acceptors (Lipinski definition) is 3. The van der Waals surface area contributed by atoms with Gasteiger partial charge in [-0.3, -0.25) is 4.57 Å². The van der Waals surface area contributed by atoms with E-state index in [-0.39, 0.29) is 5.41 Å². The first-order chi connectivity index (χ1) is 34.1. The summed E-state index contributed by atoms with van der Waals surface area (Å²) >= 11 is 0. The summed E-state index contributed by atoms with van der Waals surface area (Å²) in [4.78, 5) is 7.21. The first-order valence-electron chi connectivity index (χ1n) is 25.0. The van der Waals surface area contributed by atoms with Crippen LogP contribution < -0.4 is 9.64 Å². The van der Waals surface area contributed by atoms with E-state index in [1.807, 2.05) is 63.2 Å². The van der Waals surface area contributed by atoms with E-state index in [1.165, 1.54) is 16.2 Å². The third kappa shape index (κ3) is 7.12. The summed E-state index contributed by atoms with van der Waals surface area (Å²) in [6.07, 6.45) is 0.126. The highest BCUT2D eigenvalue weighted by molar-refractivity contribution is 6.22. The Morgan fingerprint density at radius 1 is 0.559 bits per heavy atom. The molecule has 68 heavy (non-hydrogen) atoms. The minimum atomic E-state index is -1.58. The van der Waals surface area contributed by atoms with Gasteiger partial charge >= 0.3 is 0 Å². The molecular weight excluding hydrogens is 829 g/mol. The molecule has 0 saturated heterocycles. The number of anilines is 2. The predicted octanol–water partition coefficient (Wildman–Crippen LogP) is 17.2. The first-order valence-corrected chi connectivity index (χ1v) is 23.5. The van der Waals surface area contributed by atoms with Crippen molar-refractivity contribution in [2.24, 2.45) is 5.41 Å². The first kappa shape index (κ1) is 38.2. The van der Waals surface area contributed by atoms with Gasteiger partial charge in [0.1, 0.15) is 24.0 Å². The lowest BCUT2D eigenvalue weighted by Gasteiger charge is -2.22. The maximum Gasteiger partial charge on any atom is 0.137 e. The van der Waals surface area contributed by atoms with Gasteiger partial charge in [0, 0.05) is 53.9 Å². The highest BCUT2D eigenvalue weighted by atomic mass is 16.5. The molecule has 0 amide bonds. The van der Waals surface area contributed by atoms with Gasteiger partial charge in [0.2, 0.25) is 0 Å². The second kappa shape index (κ2) is 15.9. The van der Waals surface area contributed by atoms with E-state index >= 15 is 0 Å². The fourth-order valence-corrected chi connectivity index (χ4v) is 10.4. The highest BCUT2D eigenvalue weighted by Gasteiger charge is 2.26. The van der Waals surface area contributed by atoms with Crippen LogP contribution in [0, 0.1) is 5.41 Å². The van der Waals surface area contributed by atoms with Crippen molar-refractivity contribution in [2.45, 2.75) is 60.0 Å². The highest BCUT2D eigenvalue weighted by Crippen LogP contribution is 2.45. The van der Waals surface area contributed by atoms with E-state index in [0.717, 1.165) is 77.1 Å². The van der Waals surface area contributed by atoms with E-state index in [4.69, 9.17) is 13.8 Å². The van der Waals surface area contributed by atoms with Gasteiger partial charge in [0.15, 0.2) is 0 Å². The number of para-hydroxylation sites is 3. The van der Waals surface area contributed by atoms with E-state index < -0.39 is 11.8 Å². The molecule has 0 unspecified atom stereocenters. The van der Waals surface area contributed by atoms with Crippen molar-refractivity contribution in [1.82, 2.24) is 14.1 Å². The molecule has 5 heteroatoms. The van der Waals surface area contributed by atoms with E-state index in [9.17, 15) is 0 Å². The van der Waals surface area contributed by atoms with Gasteiger partial charge in [-0.2, -0.15) is 0 Å². The van der Waals surface area contributed by atoms with Gasteiger partial charge in [0.25, 0.3) is 0 Å². The predicted molar refractivity (Wildman–Crippen MR) is 287 cm³/mol. The Kier molecular flexibility index (Phi) is 8.93. The summed E-state index contributed by atoms with van der Waals surface area (Å²) in [6, 6.07) is 64.1. The molecule has 3 aromatic heterocycles. The van der Waals surface area contributed by atoms with Gasteiger partial charge in [-0.25, -0.2) is 4.98 Å². The summed E-state index contributed by atoms with van der Waals surface area (Å²) in [7, 11) is 0. The fourth-order valence-electron chi connectivity index (χ4n) is 10.4. The number of fused-ring (bicyclic) bond motifs is 10. The van der Waals surface area contributed by atoms with Crippen LogP contribution in [0.5, 0.6) is 11.5 Å². The normalized spacial score (nSPS) is 13.7. The molecule has 0 spiro atoms. The minimum Gasteiger partial charge on any atom is -0.457 e. The topological polar surface area (TPSA) is 35.2 Å². The lowest BCUT2D eigenvalue weighted by atomic mass is 9.85. The van der Waals surface area contributed by atoms with Gasteiger partial charge in [-0.15, -0.1) is 0 Å². The van der Waals surface area contributed by atoms with Crippen LogP contribution in [0.1, 0.15) is 56.8 Å². The molecule has 0 N–H and O–H groups in total. The monoisotopic (exact) mass is 885 g/mol. The summed E-state index contributed by atoms with van der Waals surface area (Å²) < 4.78 is 38.6. The standard InChI is InChI=1S/C63H54N4O/c1-62(2,3)39-41-33-34-64-59(35-41)67-56-29-12-11-25-52(56)53-32-31-46(38-58(53)67)68-45-20-14-19-44(37-45)65-40-66-60-47(42-17-13-18-43(36-42)63(4,5)6)26-15-27-54(60)50-23-9-7-21-48(50)49-22-8-10-24-51(49)55-28-16-30-57(65)61(55)66/h7-38H,39-40H2,1-6H3/i13D,39D2. The van der Waals surface area contributed by atoms with Crippen molar-refractivity contribution in [3.63, 3.8) is 0 Å². The largest absolute Gasteiger partial charge is 0.457 e. The Morgan fingerprint density at radius 3 is 1.93 bits per heavy atom.